The van der Waals surface area contributed by atoms with Crippen molar-refractivity contribution in [2.75, 3.05) is 32.5 Å². The number of hydrogen-bond acceptors (Lipinski definition) is 4. The van der Waals surface area contributed by atoms with Gasteiger partial charge in [0, 0.05) is 13.1 Å². The summed E-state index contributed by atoms with van der Waals surface area (Å²) >= 11 is 1.62. The Bertz CT molecular complexity index is 1200. The van der Waals surface area contributed by atoms with Crippen LogP contribution in [0.25, 0.3) is 0 Å². The molecule has 0 fully saturated rings. The average Bonchev–Trinajstić information content (AvgIpc) is 3.10. The maximum Gasteiger partial charge on any atom is 0.0967 e. The van der Waals surface area contributed by atoms with Crippen molar-refractivity contribution in [2.45, 2.75) is 12.1 Å². The smallest absolute Gasteiger partial charge is 0.0967 e. The van der Waals surface area contributed by atoms with Gasteiger partial charge in [0.15, 0.2) is 0 Å². The molecule has 0 heterocycles. The fourth-order valence-corrected chi connectivity index (χ4v) is 9.32. The topological polar surface area (TPSA) is 55.4 Å². The molecule has 0 spiro atoms. The van der Waals surface area contributed by atoms with Gasteiger partial charge in [-0.05, 0) is 48.5 Å². The number of carbonyl (C=O) groups is 1. The van der Waals surface area contributed by atoms with Gasteiger partial charge in [-0.1, -0.05) is 72.8 Å². The molecule has 0 aliphatic heterocycles. The number of nitrogens with one attached hydrogen (secondary N) is 1. The van der Waals surface area contributed by atoms with Gasteiger partial charge in [0.25, 0.3) is 0 Å². The van der Waals surface area contributed by atoms with Crippen LogP contribution in [0.3, 0.4) is 0 Å². The number of esters is 1. The first-order chi connectivity index (χ1) is 22.1. The van der Waals surface area contributed by atoms with Crippen LogP contribution in [0.1, 0.15) is 0 Å². The second kappa shape index (κ2) is 22.8. The molecular weight excluding hydrogens is 752 g/mol. The normalized spacial score (nSPS) is 10.8. The molecule has 0 aliphatic carbocycles. The molecule has 46 heavy (non-hydrogen) atoms. The Kier molecular flexibility index (Phi) is 20.6. The molecule has 4 nitrogen and oxygen atoms in total. The summed E-state index contributed by atoms with van der Waals surface area (Å²) in [5.74, 6) is -8.02. The quantitative estimate of drug-likeness (QED) is 0.0397. The summed E-state index contributed by atoms with van der Waals surface area (Å²) in [6, 6.07) is 44.2. The molecular formula is C33H36ClF5NO3P2Ru+3. The zero-order chi connectivity index (χ0) is 34.4. The SMILES string of the molecule is COC(=O)C(F)(F)C(F)(F)F.[CH-]=O.[Cl][RuH+2].c1ccc([PH+](CCNCC[PH+](c2ccccc2)c2ccccc2)c2ccccc2)cc1. The Balaban J connectivity index is 0.000000598. The zero-order valence-corrected chi connectivity index (χ0v) is 29.4. The van der Waals surface area contributed by atoms with E-state index in [1.165, 1.54) is 33.5 Å². The van der Waals surface area contributed by atoms with E-state index in [1.807, 2.05) is 0 Å². The van der Waals surface area contributed by atoms with E-state index >= 15 is 0 Å². The van der Waals surface area contributed by atoms with E-state index in [0.717, 1.165) is 13.1 Å². The van der Waals surface area contributed by atoms with Crippen LogP contribution < -0.4 is 26.5 Å². The summed E-state index contributed by atoms with van der Waals surface area (Å²) in [5.41, 5.74) is 0. The first-order valence-corrected chi connectivity index (χ1v) is 19.5. The molecule has 0 aromatic heterocycles. The molecule has 1 N–H and O–H groups in total. The molecule has 0 radical (unpaired) electrons. The Labute approximate surface area is 283 Å². The predicted octanol–water partition coefficient (Wildman–Crippen LogP) is 5.81. The molecule has 4 aromatic carbocycles. The van der Waals surface area contributed by atoms with Crippen molar-refractivity contribution in [1.82, 2.24) is 5.32 Å². The van der Waals surface area contributed by atoms with Crippen molar-refractivity contribution < 1.29 is 53.6 Å². The van der Waals surface area contributed by atoms with Crippen molar-refractivity contribution in [2.24, 2.45) is 0 Å². The fraction of sp³-hybridized carbons (Fsp3) is 0.212. The van der Waals surface area contributed by atoms with E-state index in [9.17, 15) is 26.7 Å². The standard InChI is InChI=1S/C28H29NP2.C4H3F5O2.CHO.ClH.Ru.H/c1-5-13-25(14-6-1)30(26-15-7-2-8-16-26)23-21-29-22-24-31(27-17-9-3-10-18-27)28-19-11-4-12-20-28;1-11-2(10)3(5,6)4(7,8)9;1-2;;;/h1-20,29H,21-24H2;1H3;1H;1H;;/q;;-1;;+3;/p+1. The second-order valence-electron chi connectivity index (χ2n) is 9.23. The Morgan fingerprint density at radius 2 is 0.913 bits per heavy atom. The zero-order valence-electron chi connectivity index (χ0n) is 24.8. The van der Waals surface area contributed by atoms with Gasteiger partial charge in [-0.15, -0.1) is 0 Å². The summed E-state index contributed by atoms with van der Waals surface area (Å²) in [5, 5.41) is 9.77. The van der Waals surface area contributed by atoms with E-state index < -0.39 is 33.9 Å². The van der Waals surface area contributed by atoms with Crippen LogP contribution in [0.2, 0.25) is 0 Å². The van der Waals surface area contributed by atoms with Crippen molar-refractivity contribution in [3.63, 3.8) is 0 Å². The summed E-state index contributed by atoms with van der Waals surface area (Å²) in [7, 11) is 3.54. The van der Waals surface area contributed by atoms with Gasteiger partial charge in [-0.25, -0.2) is 4.79 Å². The van der Waals surface area contributed by atoms with Crippen molar-refractivity contribution >= 4 is 59.5 Å². The summed E-state index contributed by atoms with van der Waals surface area (Å²) in [6.45, 7) is 5.38. The van der Waals surface area contributed by atoms with Crippen LogP contribution in [0.15, 0.2) is 121 Å². The molecule has 4 rings (SSSR count). The third-order valence-corrected chi connectivity index (χ3v) is 12.0. The number of hydrogen-bond donors (Lipinski definition) is 1. The molecule has 0 aliphatic rings. The Hall–Kier alpha value is -2.60. The van der Waals surface area contributed by atoms with Gasteiger partial charge in [0.05, 0.1) is 56.5 Å². The van der Waals surface area contributed by atoms with E-state index in [2.05, 4.69) is 148 Å². The first kappa shape index (κ1) is 41.4. The number of alkyl halides is 5. The molecule has 0 amide bonds. The van der Waals surface area contributed by atoms with E-state index in [-0.39, 0.29) is 0 Å². The van der Waals surface area contributed by atoms with Gasteiger partial charge in [0.1, 0.15) is 0 Å². The number of methoxy groups -OCH3 is 1. The molecule has 0 bridgehead atoms. The van der Waals surface area contributed by atoms with Crippen molar-refractivity contribution in [3.8, 4) is 0 Å². The third kappa shape index (κ3) is 13.6. The third-order valence-electron chi connectivity index (χ3n) is 6.39. The van der Waals surface area contributed by atoms with E-state index in [0.29, 0.717) is 7.11 Å². The summed E-state index contributed by atoms with van der Waals surface area (Å²) < 4.78 is 60.3. The van der Waals surface area contributed by atoms with Crippen LogP contribution in [-0.2, 0) is 31.6 Å². The Morgan fingerprint density at radius 1 is 0.652 bits per heavy atom. The van der Waals surface area contributed by atoms with Gasteiger partial charge in [-0.3, -0.25) is 6.79 Å². The first-order valence-electron chi connectivity index (χ1n) is 13.7. The van der Waals surface area contributed by atoms with Gasteiger partial charge >= 0.3 is 45.1 Å². The number of halogens is 6. The fourth-order valence-electron chi connectivity index (χ4n) is 4.26. The number of rotatable bonds is 11. The van der Waals surface area contributed by atoms with E-state index in [1.54, 1.807) is 17.3 Å². The summed E-state index contributed by atoms with van der Waals surface area (Å²) in [4.78, 5) is 17.5. The minimum atomic E-state index is -5.89. The predicted molar refractivity (Wildman–Crippen MR) is 181 cm³/mol. The molecule has 0 saturated heterocycles. The molecule has 13 heteroatoms. The molecule has 0 unspecified atom stereocenters. The second-order valence-corrected chi connectivity index (χ2v) is 14.5. The average molecular weight is 788 g/mol. The van der Waals surface area contributed by atoms with Gasteiger partial charge < -0.3 is 14.8 Å². The van der Waals surface area contributed by atoms with Gasteiger partial charge in [-0.2, -0.15) is 22.0 Å². The number of ether oxygens (including phenoxy) is 1. The van der Waals surface area contributed by atoms with Crippen molar-refractivity contribution in [3.05, 3.63) is 121 Å². The van der Waals surface area contributed by atoms with E-state index in [4.69, 9.17) is 4.79 Å². The maximum atomic E-state index is 11.7. The molecule has 0 atom stereocenters. The van der Waals surface area contributed by atoms with Crippen molar-refractivity contribution in [1.29, 1.82) is 0 Å². The molecule has 248 valence electrons. The van der Waals surface area contributed by atoms with Gasteiger partial charge in [0.2, 0.25) is 0 Å². The minimum absolute atomic E-state index is 0.446. The number of benzene rings is 4. The monoisotopic (exact) mass is 788 g/mol. The largest absolute Gasteiger partial charge is 0.310 e. The molecule has 4 aromatic rings. The summed E-state index contributed by atoms with van der Waals surface area (Å²) in [6.07, 6.45) is -3.48. The maximum absolute atomic E-state index is 11.7. The van der Waals surface area contributed by atoms with Crippen LogP contribution in [0.4, 0.5) is 22.0 Å². The van der Waals surface area contributed by atoms with Crippen LogP contribution in [0, 0.1) is 0 Å². The van der Waals surface area contributed by atoms with Crippen LogP contribution in [0.5, 0.6) is 0 Å². The Morgan fingerprint density at radius 3 is 1.11 bits per heavy atom. The van der Waals surface area contributed by atoms with Crippen LogP contribution >= 0.6 is 25.5 Å². The number of carbonyl (C=O) groups excluding carboxylic acids is 2. The minimum Gasteiger partial charge on any atom is -0.310 e. The molecule has 0 saturated carbocycles. The van der Waals surface area contributed by atoms with Crippen LogP contribution in [-0.4, -0.2) is 57.4 Å².